The van der Waals surface area contributed by atoms with E-state index < -0.39 is 12.6 Å². The number of nitrogens with two attached hydrogens (primary N) is 1. The molecule has 1 aliphatic rings. The zero-order chi connectivity index (χ0) is 16.4. The number of aromatic nitrogens is 2. The molecule has 3 heterocycles. The van der Waals surface area contributed by atoms with Crippen LogP contribution in [0.25, 0.3) is 10.2 Å². The number of halogens is 3. The summed E-state index contributed by atoms with van der Waals surface area (Å²) < 4.78 is 37.8. The Bertz CT molecular complexity index is 668. The molecule has 4 nitrogen and oxygen atoms in total. The lowest BCUT2D eigenvalue weighted by Gasteiger charge is -2.33. The van der Waals surface area contributed by atoms with Crippen molar-refractivity contribution < 1.29 is 13.2 Å². The van der Waals surface area contributed by atoms with Crippen molar-refractivity contribution >= 4 is 27.4 Å². The van der Waals surface area contributed by atoms with Gasteiger partial charge in [0.2, 0.25) is 0 Å². The molecule has 23 heavy (non-hydrogen) atoms. The van der Waals surface area contributed by atoms with Gasteiger partial charge < -0.3 is 10.6 Å². The minimum Gasteiger partial charge on any atom is -0.356 e. The first-order valence-electron chi connectivity index (χ1n) is 7.71. The number of hydrogen-bond acceptors (Lipinski definition) is 5. The second kappa shape index (κ2) is 6.60. The summed E-state index contributed by atoms with van der Waals surface area (Å²) in [5.41, 5.74) is 5.65. The van der Waals surface area contributed by atoms with Crippen LogP contribution in [-0.4, -0.2) is 35.8 Å². The molecule has 0 amide bonds. The van der Waals surface area contributed by atoms with E-state index in [1.807, 2.05) is 0 Å². The standard InChI is InChI=1S/C15H19F3N4S/c16-15(17,18)7-11-6-12-13(20-9-21-14(12)23-11)22-5-1-2-10(8-22)3-4-19/h6,9-10H,1-5,7-8,19H2/t10-/m1/s1. The zero-order valence-electron chi connectivity index (χ0n) is 12.6. The Kier molecular flexibility index (Phi) is 4.72. The number of thiophene rings is 1. The van der Waals surface area contributed by atoms with E-state index in [-0.39, 0.29) is 4.88 Å². The number of anilines is 1. The second-order valence-electron chi connectivity index (χ2n) is 5.95. The van der Waals surface area contributed by atoms with Crippen molar-refractivity contribution in [3.63, 3.8) is 0 Å². The van der Waals surface area contributed by atoms with E-state index in [9.17, 15) is 13.2 Å². The predicted octanol–water partition coefficient (Wildman–Crippen LogP) is 3.36. The molecule has 8 heteroatoms. The molecule has 0 radical (unpaired) electrons. The first-order chi connectivity index (χ1) is 11.0. The monoisotopic (exact) mass is 344 g/mol. The molecule has 126 valence electrons. The third-order valence-corrected chi connectivity index (χ3v) is 5.17. The molecular weight excluding hydrogens is 325 g/mol. The molecule has 1 fully saturated rings. The molecule has 1 aliphatic heterocycles. The minimum absolute atomic E-state index is 0.282. The van der Waals surface area contributed by atoms with Crippen molar-refractivity contribution in [3.8, 4) is 0 Å². The zero-order valence-corrected chi connectivity index (χ0v) is 13.5. The Labute approximate surface area is 136 Å². The van der Waals surface area contributed by atoms with Crippen molar-refractivity contribution in [1.29, 1.82) is 0 Å². The van der Waals surface area contributed by atoms with Gasteiger partial charge in [-0.25, -0.2) is 9.97 Å². The summed E-state index contributed by atoms with van der Waals surface area (Å²) in [6.45, 7) is 2.39. The second-order valence-corrected chi connectivity index (χ2v) is 7.07. The van der Waals surface area contributed by atoms with Gasteiger partial charge in [0.15, 0.2) is 0 Å². The van der Waals surface area contributed by atoms with Crippen molar-refractivity contribution in [2.75, 3.05) is 24.5 Å². The summed E-state index contributed by atoms with van der Waals surface area (Å²) in [4.78, 5) is 11.5. The van der Waals surface area contributed by atoms with Crippen LogP contribution in [0.1, 0.15) is 24.1 Å². The highest BCUT2D eigenvalue weighted by Crippen LogP contribution is 2.35. The van der Waals surface area contributed by atoms with Crippen LogP contribution in [0.3, 0.4) is 0 Å². The maximum Gasteiger partial charge on any atom is 0.393 e. The summed E-state index contributed by atoms with van der Waals surface area (Å²) >= 11 is 1.10. The van der Waals surface area contributed by atoms with Crippen LogP contribution < -0.4 is 10.6 Å². The van der Waals surface area contributed by atoms with Crippen LogP contribution >= 0.6 is 11.3 Å². The van der Waals surface area contributed by atoms with Gasteiger partial charge in [-0.1, -0.05) is 0 Å². The number of fused-ring (bicyclic) bond motifs is 1. The van der Waals surface area contributed by atoms with Gasteiger partial charge >= 0.3 is 6.18 Å². The third-order valence-electron chi connectivity index (χ3n) is 4.13. The fourth-order valence-electron chi connectivity index (χ4n) is 3.16. The van der Waals surface area contributed by atoms with Crippen molar-refractivity contribution in [2.45, 2.75) is 31.9 Å². The van der Waals surface area contributed by atoms with Crippen molar-refractivity contribution in [1.82, 2.24) is 9.97 Å². The van der Waals surface area contributed by atoms with E-state index in [2.05, 4.69) is 14.9 Å². The maximum absolute atomic E-state index is 12.6. The molecule has 3 rings (SSSR count). The fraction of sp³-hybridized carbons (Fsp3) is 0.600. The maximum atomic E-state index is 12.6. The lowest BCUT2D eigenvalue weighted by atomic mass is 9.95. The number of nitrogens with zero attached hydrogens (tertiary/aromatic N) is 3. The Hall–Kier alpha value is -1.41. The first kappa shape index (κ1) is 16.4. The lowest BCUT2D eigenvalue weighted by molar-refractivity contribution is -0.126. The van der Waals surface area contributed by atoms with Gasteiger partial charge in [-0.2, -0.15) is 13.2 Å². The van der Waals surface area contributed by atoms with Crippen molar-refractivity contribution in [2.24, 2.45) is 11.7 Å². The molecule has 0 bridgehead atoms. The highest BCUT2D eigenvalue weighted by Gasteiger charge is 2.29. The van der Waals surface area contributed by atoms with Gasteiger partial charge in [-0.15, -0.1) is 11.3 Å². The SMILES string of the molecule is NCC[C@H]1CCCN(c2ncnc3sc(CC(F)(F)F)cc23)C1. The average Bonchev–Trinajstić information content (AvgIpc) is 2.87. The molecule has 0 saturated carbocycles. The summed E-state index contributed by atoms with van der Waals surface area (Å²) in [5.74, 6) is 1.27. The smallest absolute Gasteiger partial charge is 0.356 e. The molecule has 0 aromatic carbocycles. The minimum atomic E-state index is -4.20. The van der Waals surface area contributed by atoms with E-state index in [0.717, 1.165) is 54.9 Å². The van der Waals surface area contributed by atoms with Gasteiger partial charge in [-0.05, 0) is 37.8 Å². The molecule has 0 unspecified atom stereocenters. The Morgan fingerprint density at radius 1 is 1.35 bits per heavy atom. The van der Waals surface area contributed by atoms with Gasteiger partial charge in [0, 0.05) is 18.0 Å². The van der Waals surface area contributed by atoms with Crippen LogP contribution in [-0.2, 0) is 6.42 Å². The van der Waals surface area contributed by atoms with Crippen molar-refractivity contribution in [3.05, 3.63) is 17.3 Å². The molecule has 2 aromatic heterocycles. The van der Waals surface area contributed by atoms with E-state index in [1.165, 1.54) is 6.33 Å². The summed E-state index contributed by atoms with van der Waals surface area (Å²) in [5, 5.41) is 0.727. The van der Waals surface area contributed by atoms with Gasteiger partial charge in [0.1, 0.15) is 17.0 Å². The fourth-order valence-corrected chi connectivity index (χ4v) is 4.18. The summed E-state index contributed by atoms with van der Waals surface area (Å²) in [6.07, 6.45) is -0.512. The lowest BCUT2D eigenvalue weighted by Crippen LogP contribution is -2.36. The highest BCUT2D eigenvalue weighted by molar-refractivity contribution is 7.18. The Morgan fingerprint density at radius 2 is 2.17 bits per heavy atom. The number of piperidine rings is 1. The molecule has 2 aromatic rings. The van der Waals surface area contributed by atoms with Crippen LogP contribution in [0.15, 0.2) is 12.4 Å². The molecule has 1 saturated heterocycles. The average molecular weight is 344 g/mol. The van der Waals surface area contributed by atoms with E-state index in [0.29, 0.717) is 17.3 Å². The predicted molar refractivity (Wildman–Crippen MR) is 85.8 cm³/mol. The Balaban J connectivity index is 1.88. The van der Waals surface area contributed by atoms with E-state index in [1.54, 1.807) is 6.07 Å². The topological polar surface area (TPSA) is 55.0 Å². The Morgan fingerprint density at radius 3 is 2.91 bits per heavy atom. The number of hydrogen-bond donors (Lipinski definition) is 1. The van der Waals surface area contributed by atoms with Gasteiger partial charge in [-0.3, -0.25) is 0 Å². The van der Waals surface area contributed by atoms with E-state index in [4.69, 9.17) is 5.73 Å². The molecule has 1 atom stereocenters. The molecule has 0 spiro atoms. The van der Waals surface area contributed by atoms with Gasteiger partial charge in [0.25, 0.3) is 0 Å². The molecule has 0 aliphatic carbocycles. The number of alkyl halides is 3. The highest BCUT2D eigenvalue weighted by atomic mass is 32.1. The summed E-state index contributed by atoms with van der Waals surface area (Å²) in [7, 11) is 0. The van der Waals surface area contributed by atoms with Crippen LogP contribution in [0.4, 0.5) is 19.0 Å². The van der Waals surface area contributed by atoms with Crippen LogP contribution in [0, 0.1) is 5.92 Å². The summed E-state index contributed by atoms with van der Waals surface area (Å²) in [6, 6.07) is 1.59. The molecule has 2 N–H and O–H groups in total. The normalized spacial score (nSPS) is 19.5. The quantitative estimate of drug-likeness (QED) is 0.924. The largest absolute Gasteiger partial charge is 0.393 e. The van der Waals surface area contributed by atoms with Crippen LogP contribution in [0.2, 0.25) is 0 Å². The van der Waals surface area contributed by atoms with Crippen LogP contribution in [0.5, 0.6) is 0 Å². The van der Waals surface area contributed by atoms with Gasteiger partial charge in [0.05, 0.1) is 11.8 Å². The third kappa shape index (κ3) is 3.92. The first-order valence-corrected chi connectivity index (χ1v) is 8.53. The number of rotatable bonds is 4. The molecular formula is C15H19F3N4S. The van der Waals surface area contributed by atoms with E-state index >= 15 is 0 Å².